The van der Waals surface area contributed by atoms with Crippen molar-refractivity contribution in [2.75, 3.05) is 42.5 Å². The van der Waals surface area contributed by atoms with Gasteiger partial charge in [0.15, 0.2) is 0 Å². The highest BCUT2D eigenvalue weighted by Gasteiger charge is 2.26. The van der Waals surface area contributed by atoms with Crippen molar-refractivity contribution in [2.45, 2.75) is 13.3 Å². The van der Waals surface area contributed by atoms with Gasteiger partial charge in [-0.3, -0.25) is 9.59 Å². The summed E-state index contributed by atoms with van der Waals surface area (Å²) in [4.78, 5) is 30.3. The van der Waals surface area contributed by atoms with Gasteiger partial charge in [-0.25, -0.2) is 0 Å². The van der Waals surface area contributed by atoms with Crippen molar-refractivity contribution in [3.05, 3.63) is 53.6 Å². The second-order valence-electron chi connectivity index (χ2n) is 7.03. The SMILES string of the molecule is CC(=O)N1CCc2cc(C(=O)N3CCN(c4ccccc4O)CC3)ccc21. The summed E-state index contributed by atoms with van der Waals surface area (Å²) in [6, 6.07) is 12.9. The zero-order valence-corrected chi connectivity index (χ0v) is 15.4. The summed E-state index contributed by atoms with van der Waals surface area (Å²) >= 11 is 0. The normalized spacial score (nSPS) is 16.4. The molecule has 4 rings (SSSR count). The first-order chi connectivity index (χ1) is 13.0. The van der Waals surface area contributed by atoms with Gasteiger partial charge in [0.1, 0.15) is 5.75 Å². The quantitative estimate of drug-likeness (QED) is 0.887. The summed E-state index contributed by atoms with van der Waals surface area (Å²) in [6.07, 6.45) is 0.789. The molecule has 2 amide bonds. The number of fused-ring (bicyclic) bond motifs is 1. The maximum Gasteiger partial charge on any atom is 0.253 e. The van der Waals surface area contributed by atoms with Crippen molar-refractivity contribution in [1.82, 2.24) is 4.90 Å². The Balaban J connectivity index is 1.44. The molecule has 1 fully saturated rings. The van der Waals surface area contributed by atoms with Crippen LogP contribution in [0.25, 0.3) is 0 Å². The van der Waals surface area contributed by atoms with E-state index in [0.717, 1.165) is 23.4 Å². The zero-order valence-electron chi connectivity index (χ0n) is 15.4. The summed E-state index contributed by atoms with van der Waals surface area (Å²) in [6.45, 7) is 4.85. The third kappa shape index (κ3) is 3.23. The number of benzene rings is 2. The van der Waals surface area contributed by atoms with Crippen LogP contribution in [-0.4, -0.2) is 54.5 Å². The van der Waals surface area contributed by atoms with Crippen LogP contribution in [0, 0.1) is 0 Å². The Morgan fingerprint density at radius 1 is 0.926 bits per heavy atom. The summed E-state index contributed by atoms with van der Waals surface area (Å²) < 4.78 is 0. The minimum Gasteiger partial charge on any atom is -0.506 e. The van der Waals surface area contributed by atoms with Crippen LogP contribution >= 0.6 is 0 Å². The van der Waals surface area contributed by atoms with Gasteiger partial charge in [0.05, 0.1) is 5.69 Å². The van der Waals surface area contributed by atoms with Gasteiger partial charge in [-0.2, -0.15) is 0 Å². The number of nitrogens with zero attached hydrogens (tertiary/aromatic N) is 3. The van der Waals surface area contributed by atoms with E-state index >= 15 is 0 Å². The second kappa shape index (κ2) is 6.95. The molecule has 2 aromatic carbocycles. The van der Waals surface area contributed by atoms with Crippen molar-refractivity contribution < 1.29 is 14.7 Å². The van der Waals surface area contributed by atoms with Gasteiger partial charge in [-0.15, -0.1) is 0 Å². The fourth-order valence-corrected chi connectivity index (χ4v) is 3.93. The molecule has 1 saturated heterocycles. The highest BCUT2D eigenvalue weighted by Crippen LogP contribution is 2.30. The standard InChI is InChI=1S/C21H23N3O3/c1-15(25)24-9-8-16-14-17(6-7-18(16)24)21(27)23-12-10-22(11-13-23)19-4-2-3-5-20(19)26/h2-7,14,26H,8-13H2,1H3. The zero-order chi connectivity index (χ0) is 19.0. The Hall–Kier alpha value is -3.02. The fraction of sp³-hybridized carbons (Fsp3) is 0.333. The maximum atomic E-state index is 12.9. The third-order valence-electron chi connectivity index (χ3n) is 5.39. The molecule has 2 aliphatic heterocycles. The molecule has 0 bridgehead atoms. The monoisotopic (exact) mass is 365 g/mol. The van der Waals surface area contributed by atoms with Crippen LogP contribution in [0.4, 0.5) is 11.4 Å². The number of anilines is 2. The number of phenols is 1. The van der Waals surface area contributed by atoms with E-state index < -0.39 is 0 Å². The number of carbonyl (C=O) groups is 2. The van der Waals surface area contributed by atoms with Crippen LogP contribution in [0.15, 0.2) is 42.5 Å². The third-order valence-corrected chi connectivity index (χ3v) is 5.39. The number of hydrogen-bond donors (Lipinski definition) is 1. The lowest BCUT2D eigenvalue weighted by Gasteiger charge is -2.36. The Labute approximate surface area is 158 Å². The summed E-state index contributed by atoms with van der Waals surface area (Å²) in [5.41, 5.74) is 3.47. The second-order valence-corrected chi connectivity index (χ2v) is 7.03. The molecule has 0 atom stereocenters. The number of amides is 2. The number of carbonyl (C=O) groups excluding carboxylic acids is 2. The number of piperazine rings is 1. The van der Waals surface area contributed by atoms with Crippen LogP contribution in [0.1, 0.15) is 22.8 Å². The Morgan fingerprint density at radius 3 is 2.37 bits per heavy atom. The van der Waals surface area contributed by atoms with E-state index in [1.807, 2.05) is 35.2 Å². The van der Waals surface area contributed by atoms with Crippen LogP contribution < -0.4 is 9.80 Å². The van der Waals surface area contributed by atoms with E-state index in [1.165, 1.54) is 0 Å². The minimum absolute atomic E-state index is 0.0241. The van der Waals surface area contributed by atoms with Crippen molar-refractivity contribution in [3.8, 4) is 5.75 Å². The molecule has 0 spiro atoms. The number of para-hydroxylation sites is 2. The van der Waals surface area contributed by atoms with E-state index in [1.54, 1.807) is 24.0 Å². The Kier molecular flexibility index (Phi) is 4.48. The lowest BCUT2D eigenvalue weighted by atomic mass is 10.1. The fourth-order valence-electron chi connectivity index (χ4n) is 3.93. The molecule has 0 saturated carbocycles. The molecule has 2 heterocycles. The molecule has 27 heavy (non-hydrogen) atoms. The largest absolute Gasteiger partial charge is 0.506 e. The summed E-state index contributed by atoms with van der Waals surface area (Å²) in [5.74, 6) is 0.329. The molecule has 0 aromatic heterocycles. The molecule has 6 nitrogen and oxygen atoms in total. The smallest absolute Gasteiger partial charge is 0.253 e. The number of hydrogen-bond acceptors (Lipinski definition) is 4. The molecule has 2 aliphatic rings. The maximum absolute atomic E-state index is 12.9. The summed E-state index contributed by atoms with van der Waals surface area (Å²) in [5, 5.41) is 10.0. The van der Waals surface area contributed by atoms with Crippen molar-refractivity contribution in [2.24, 2.45) is 0 Å². The first-order valence-corrected chi connectivity index (χ1v) is 9.28. The van der Waals surface area contributed by atoms with Gasteiger partial charge >= 0.3 is 0 Å². The first-order valence-electron chi connectivity index (χ1n) is 9.28. The van der Waals surface area contributed by atoms with Crippen molar-refractivity contribution >= 4 is 23.2 Å². The molecule has 1 N–H and O–H groups in total. The van der Waals surface area contributed by atoms with E-state index in [-0.39, 0.29) is 17.6 Å². The Bertz CT molecular complexity index is 888. The van der Waals surface area contributed by atoms with Gasteiger partial charge in [-0.1, -0.05) is 12.1 Å². The van der Waals surface area contributed by atoms with Crippen molar-refractivity contribution in [3.63, 3.8) is 0 Å². The first kappa shape index (κ1) is 17.4. The topological polar surface area (TPSA) is 64.1 Å². The van der Waals surface area contributed by atoms with Gasteiger partial charge in [0.25, 0.3) is 5.91 Å². The highest BCUT2D eigenvalue weighted by molar-refractivity contribution is 5.98. The lowest BCUT2D eigenvalue weighted by molar-refractivity contribution is -0.116. The summed E-state index contributed by atoms with van der Waals surface area (Å²) in [7, 11) is 0. The Morgan fingerprint density at radius 2 is 1.67 bits per heavy atom. The number of phenolic OH excluding ortho intramolecular Hbond substituents is 1. The molecular weight excluding hydrogens is 342 g/mol. The minimum atomic E-state index is 0.0241. The van der Waals surface area contributed by atoms with Gasteiger partial charge in [0.2, 0.25) is 5.91 Å². The van der Waals surface area contributed by atoms with Gasteiger partial charge < -0.3 is 19.8 Å². The van der Waals surface area contributed by atoms with Gasteiger partial charge in [0, 0.05) is 50.9 Å². The van der Waals surface area contributed by atoms with Crippen LogP contribution in [0.2, 0.25) is 0 Å². The van der Waals surface area contributed by atoms with E-state index in [2.05, 4.69) is 4.90 Å². The molecule has 0 aliphatic carbocycles. The van der Waals surface area contributed by atoms with Crippen LogP contribution in [0.5, 0.6) is 5.75 Å². The lowest BCUT2D eigenvalue weighted by Crippen LogP contribution is -2.48. The average molecular weight is 365 g/mol. The predicted octanol–water partition coefficient (Wildman–Crippen LogP) is 2.26. The molecule has 0 unspecified atom stereocenters. The van der Waals surface area contributed by atoms with Gasteiger partial charge in [-0.05, 0) is 42.3 Å². The predicted molar refractivity (Wildman–Crippen MR) is 104 cm³/mol. The van der Waals surface area contributed by atoms with E-state index in [9.17, 15) is 14.7 Å². The molecule has 0 radical (unpaired) electrons. The van der Waals surface area contributed by atoms with E-state index in [0.29, 0.717) is 38.3 Å². The van der Waals surface area contributed by atoms with Crippen LogP contribution in [0.3, 0.4) is 0 Å². The molecule has 6 heteroatoms. The molecular formula is C21H23N3O3. The highest BCUT2D eigenvalue weighted by atomic mass is 16.3. The number of aromatic hydroxyl groups is 1. The molecule has 2 aromatic rings. The number of rotatable bonds is 2. The van der Waals surface area contributed by atoms with Crippen LogP contribution in [-0.2, 0) is 11.2 Å². The molecule has 140 valence electrons. The average Bonchev–Trinajstić information content (AvgIpc) is 3.11. The van der Waals surface area contributed by atoms with Crippen molar-refractivity contribution in [1.29, 1.82) is 0 Å². The van der Waals surface area contributed by atoms with E-state index in [4.69, 9.17) is 0 Å².